The summed E-state index contributed by atoms with van der Waals surface area (Å²) in [4.78, 5) is 10.8. The van der Waals surface area contributed by atoms with Gasteiger partial charge in [0.05, 0.1) is 7.11 Å². The van der Waals surface area contributed by atoms with Crippen LogP contribution in [0.15, 0.2) is 30.5 Å². The van der Waals surface area contributed by atoms with E-state index in [1.165, 1.54) is 0 Å². The number of methoxy groups -OCH3 is 1. The molecule has 0 unspecified atom stereocenters. The number of benzene rings is 1. The van der Waals surface area contributed by atoms with E-state index in [9.17, 15) is 5.11 Å². The molecule has 146 valence electrons. The Morgan fingerprint density at radius 1 is 1.30 bits per heavy atom. The molecule has 3 N–H and O–H groups in total. The number of β-amino-alcohol motifs (C(OH)–C–C–N with tert-alkyl or cyclic N) is 1. The molecule has 1 aliphatic rings. The average Bonchev–Trinajstić information content (AvgIpc) is 3.08. The SMILES string of the molecule is CCN1CC[C@@](O)(COc2cc(Nc3nccc(NC)n3)ccc2OC)C1. The van der Waals surface area contributed by atoms with Crippen molar-refractivity contribution in [1.82, 2.24) is 14.9 Å². The molecule has 2 heterocycles. The molecule has 0 bridgehead atoms. The number of likely N-dealkylation sites (tertiary alicyclic amines) is 1. The van der Waals surface area contributed by atoms with Crippen molar-refractivity contribution in [3.8, 4) is 11.5 Å². The second kappa shape index (κ2) is 8.41. The molecule has 3 rings (SSSR count). The molecule has 1 saturated heterocycles. The van der Waals surface area contributed by atoms with Gasteiger partial charge in [-0.3, -0.25) is 0 Å². The number of aromatic nitrogens is 2. The van der Waals surface area contributed by atoms with Gasteiger partial charge in [0.1, 0.15) is 18.0 Å². The topological polar surface area (TPSA) is 91.8 Å². The van der Waals surface area contributed by atoms with Crippen LogP contribution in [0.25, 0.3) is 0 Å². The second-order valence-electron chi connectivity index (χ2n) is 6.64. The molecule has 0 radical (unpaired) electrons. The molecule has 8 heteroatoms. The van der Waals surface area contributed by atoms with Crippen LogP contribution in [0, 0.1) is 0 Å². The summed E-state index contributed by atoms with van der Waals surface area (Å²) in [6.45, 7) is 4.74. The van der Waals surface area contributed by atoms with Crippen molar-refractivity contribution >= 4 is 17.5 Å². The number of hydrogen-bond donors (Lipinski definition) is 3. The Balaban J connectivity index is 1.71. The Hall–Kier alpha value is -2.58. The monoisotopic (exact) mass is 373 g/mol. The minimum atomic E-state index is -0.839. The van der Waals surface area contributed by atoms with Crippen molar-refractivity contribution in [1.29, 1.82) is 0 Å². The molecule has 1 fully saturated rings. The summed E-state index contributed by atoms with van der Waals surface area (Å²) in [6, 6.07) is 7.29. The number of aliphatic hydroxyl groups is 1. The first-order valence-corrected chi connectivity index (χ1v) is 9.08. The van der Waals surface area contributed by atoms with E-state index in [0.29, 0.717) is 30.4 Å². The highest BCUT2D eigenvalue weighted by Gasteiger charge is 2.36. The van der Waals surface area contributed by atoms with E-state index >= 15 is 0 Å². The van der Waals surface area contributed by atoms with Gasteiger partial charge in [-0.2, -0.15) is 4.98 Å². The minimum absolute atomic E-state index is 0.217. The van der Waals surface area contributed by atoms with Gasteiger partial charge in [-0.15, -0.1) is 0 Å². The van der Waals surface area contributed by atoms with E-state index in [1.54, 1.807) is 26.4 Å². The molecule has 0 amide bonds. The van der Waals surface area contributed by atoms with Gasteiger partial charge in [-0.1, -0.05) is 6.92 Å². The van der Waals surface area contributed by atoms with Crippen molar-refractivity contribution in [3.63, 3.8) is 0 Å². The van der Waals surface area contributed by atoms with Gasteiger partial charge in [0.15, 0.2) is 11.5 Å². The van der Waals surface area contributed by atoms with E-state index in [1.807, 2.05) is 18.2 Å². The molecule has 0 spiro atoms. The molecule has 1 aliphatic heterocycles. The number of anilines is 3. The highest BCUT2D eigenvalue weighted by atomic mass is 16.5. The zero-order valence-electron chi connectivity index (χ0n) is 16.0. The third-order valence-corrected chi connectivity index (χ3v) is 4.69. The van der Waals surface area contributed by atoms with Gasteiger partial charge in [-0.25, -0.2) is 4.98 Å². The highest BCUT2D eigenvalue weighted by molar-refractivity contribution is 5.60. The van der Waals surface area contributed by atoms with E-state index in [4.69, 9.17) is 9.47 Å². The molecule has 0 saturated carbocycles. The lowest BCUT2D eigenvalue weighted by molar-refractivity contribution is 0.00368. The maximum absolute atomic E-state index is 10.7. The van der Waals surface area contributed by atoms with E-state index in [2.05, 4.69) is 32.4 Å². The molecule has 8 nitrogen and oxygen atoms in total. The number of nitrogens with zero attached hydrogens (tertiary/aromatic N) is 3. The molecular formula is C19H27N5O3. The summed E-state index contributed by atoms with van der Waals surface area (Å²) in [5, 5.41) is 16.9. The van der Waals surface area contributed by atoms with Crippen molar-refractivity contribution < 1.29 is 14.6 Å². The summed E-state index contributed by atoms with van der Waals surface area (Å²) in [5.74, 6) is 2.38. The van der Waals surface area contributed by atoms with Gasteiger partial charge in [0.25, 0.3) is 0 Å². The van der Waals surface area contributed by atoms with Crippen LogP contribution in [0.5, 0.6) is 11.5 Å². The first kappa shape index (κ1) is 19.2. The van der Waals surface area contributed by atoms with Crippen LogP contribution in [0.1, 0.15) is 13.3 Å². The third-order valence-electron chi connectivity index (χ3n) is 4.69. The summed E-state index contributed by atoms with van der Waals surface area (Å²) in [5.41, 5.74) is -0.0676. The number of rotatable bonds is 8. The number of ether oxygens (including phenoxy) is 2. The van der Waals surface area contributed by atoms with Gasteiger partial charge in [0.2, 0.25) is 5.95 Å². The Morgan fingerprint density at radius 3 is 2.85 bits per heavy atom. The van der Waals surface area contributed by atoms with E-state index in [0.717, 1.165) is 24.6 Å². The number of likely N-dealkylation sites (N-methyl/N-ethyl adjacent to an activating group) is 1. The fraction of sp³-hybridized carbons (Fsp3) is 0.474. The lowest BCUT2D eigenvalue weighted by Crippen LogP contribution is -2.39. The Morgan fingerprint density at radius 2 is 2.15 bits per heavy atom. The lowest BCUT2D eigenvalue weighted by Gasteiger charge is -2.24. The van der Waals surface area contributed by atoms with Crippen LogP contribution in [-0.2, 0) is 0 Å². The molecule has 1 aromatic carbocycles. The Bertz CT molecular complexity index is 773. The zero-order chi connectivity index (χ0) is 19.3. The standard InChI is InChI=1S/C19H27N5O3/c1-4-24-10-8-19(25,12-24)13-27-16-11-14(5-6-15(16)26-3)22-18-21-9-7-17(20-2)23-18/h5-7,9,11,25H,4,8,10,12-13H2,1-3H3,(H2,20,21,22,23)/t19-/m0/s1. The lowest BCUT2D eigenvalue weighted by atomic mass is 10.1. The Labute approximate surface area is 159 Å². The third kappa shape index (κ3) is 4.78. The van der Waals surface area contributed by atoms with E-state index < -0.39 is 5.60 Å². The smallest absolute Gasteiger partial charge is 0.229 e. The van der Waals surface area contributed by atoms with Gasteiger partial charge in [0, 0.05) is 38.1 Å². The summed E-state index contributed by atoms with van der Waals surface area (Å²) in [6.07, 6.45) is 2.38. The van der Waals surface area contributed by atoms with Crippen LogP contribution >= 0.6 is 0 Å². The Kier molecular flexibility index (Phi) is 5.98. The summed E-state index contributed by atoms with van der Waals surface area (Å²) < 4.78 is 11.3. The van der Waals surface area contributed by atoms with Crippen LogP contribution in [0.3, 0.4) is 0 Å². The zero-order valence-corrected chi connectivity index (χ0v) is 16.0. The van der Waals surface area contributed by atoms with Gasteiger partial charge >= 0.3 is 0 Å². The quantitative estimate of drug-likeness (QED) is 0.648. The first-order chi connectivity index (χ1) is 13.0. The van der Waals surface area contributed by atoms with Crippen LogP contribution in [-0.4, -0.2) is 66.0 Å². The molecule has 0 aliphatic carbocycles. The molecule has 1 atom stereocenters. The van der Waals surface area contributed by atoms with Crippen molar-refractivity contribution in [2.75, 3.05) is 51.0 Å². The normalized spacial score (nSPS) is 19.7. The van der Waals surface area contributed by atoms with Crippen LogP contribution in [0.4, 0.5) is 17.5 Å². The molecule has 27 heavy (non-hydrogen) atoms. The van der Waals surface area contributed by atoms with Crippen molar-refractivity contribution in [3.05, 3.63) is 30.5 Å². The maximum atomic E-state index is 10.7. The molecule has 1 aromatic heterocycles. The average molecular weight is 373 g/mol. The maximum Gasteiger partial charge on any atom is 0.229 e. The fourth-order valence-corrected chi connectivity index (χ4v) is 3.09. The first-order valence-electron chi connectivity index (χ1n) is 9.08. The number of nitrogens with one attached hydrogen (secondary N) is 2. The van der Waals surface area contributed by atoms with Crippen molar-refractivity contribution in [2.24, 2.45) is 0 Å². The number of hydrogen-bond acceptors (Lipinski definition) is 8. The largest absolute Gasteiger partial charge is 0.493 e. The van der Waals surface area contributed by atoms with E-state index in [-0.39, 0.29) is 6.61 Å². The summed E-state index contributed by atoms with van der Waals surface area (Å²) >= 11 is 0. The van der Waals surface area contributed by atoms with Crippen molar-refractivity contribution in [2.45, 2.75) is 18.9 Å². The summed E-state index contributed by atoms with van der Waals surface area (Å²) in [7, 11) is 3.40. The van der Waals surface area contributed by atoms with Gasteiger partial charge in [-0.05, 0) is 31.2 Å². The molecule has 2 aromatic rings. The van der Waals surface area contributed by atoms with Gasteiger partial charge < -0.3 is 30.1 Å². The fourth-order valence-electron chi connectivity index (χ4n) is 3.09. The highest BCUT2D eigenvalue weighted by Crippen LogP contribution is 2.32. The van der Waals surface area contributed by atoms with Crippen LogP contribution in [0.2, 0.25) is 0 Å². The predicted molar refractivity (Wildman–Crippen MR) is 105 cm³/mol. The second-order valence-corrected chi connectivity index (χ2v) is 6.64. The minimum Gasteiger partial charge on any atom is -0.493 e. The van der Waals surface area contributed by atoms with Crippen LogP contribution < -0.4 is 20.1 Å². The predicted octanol–water partition coefficient (Wildman–Crippen LogP) is 2.11. The molecular weight excluding hydrogens is 346 g/mol.